The van der Waals surface area contributed by atoms with Crippen LogP contribution in [-0.4, -0.2) is 17.1 Å². The Kier molecular flexibility index (Phi) is 4.68. The lowest BCUT2D eigenvalue weighted by molar-refractivity contribution is 0.415. The van der Waals surface area contributed by atoms with Crippen LogP contribution in [0.2, 0.25) is 0 Å². The first-order chi connectivity index (χ1) is 9.62. The fraction of sp³-hybridized carbons (Fsp3) is 0.286. The maximum atomic E-state index is 11.6. The molecule has 1 heterocycles. The number of benzene rings is 1. The van der Waals surface area contributed by atoms with Crippen molar-refractivity contribution in [1.82, 2.24) is 9.97 Å². The second-order valence-electron chi connectivity index (χ2n) is 4.30. The molecule has 2 aromatic rings. The van der Waals surface area contributed by atoms with E-state index in [1.165, 1.54) is 17.8 Å². The van der Waals surface area contributed by atoms with Gasteiger partial charge >= 0.3 is 0 Å². The summed E-state index contributed by atoms with van der Waals surface area (Å²) in [5.41, 5.74) is 7.21. The van der Waals surface area contributed by atoms with Gasteiger partial charge in [0.1, 0.15) is 5.75 Å². The molecular weight excluding hydrogens is 274 g/mol. The smallest absolute Gasteiger partial charge is 0.251 e. The molecule has 0 atom stereocenters. The average Bonchev–Trinajstić information content (AvgIpc) is 2.41. The van der Waals surface area contributed by atoms with Gasteiger partial charge in [-0.1, -0.05) is 13.3 Å². The van der Waals surface area contributed by atoms with Gasteiger partial charge in [-0.2, -0.15) is 0 Å². The Bertz CT molecular complexity index is 655. The summed E-state index contributed by atoms with van der Waals surface area (Å²) in [7, 11) is 1.59. The largest absolute Gasteiger partial charge is 0.497 e. The van der Waals surface area contributed by atoms with E-state index in [1.54, 1.807) is 13.2 Å². The van der Waals surface area contributed by atoms with Crippen LogP contribution in [0.1, 0.15) is 19.0 Å². The number of aromatic nitrogens is 2. The number of nitrogens with one attached hydrogen (secondary N) is 1. The van der Waals surface area contributed by atoms with E-state index in [1.807, 2.05) is 12.1 Å². The van der Waals surface area contributed by atoms with Crippen LogP contribution < -0.4 is 16.0 Å². The van der Waals surface area contributed by atoms with Crippen LogP contribution in [0, 0.1) is 0 Å². The zero-order valence-electron chi connectivity index (χ0n) is 11.5. The summed E-state index contributed by atoms with van der Waals surface area (Å²) in [5, 5.41) is 0.554. The molecule has 6 heteroatoms. The van der Waals surface area contributed by atoms with E-state index in [2.05, 4.69) is 16.9 Å². The predicted molar refractivity (Wildman–Crippen MR) is 80.4 cm³/mol. The number of methoxy groups -OCH3 is 1. The molecule has 0 unspecified atom stereocenters. The number of nitrogens with two attached hydrogens (primary N) is 1. The molecule has 0 aliphatic carbocycles. The average molecular weight is 291 g/mol. The first-order valence-corrected chi connectivity index (χ1v) is 7.15. The number of rotatable bonds is 5. The summed E-state index contributed by atoms with van der Waals surface area (Å²) in [5.74, 6) is 0.702. The van der Waals surface area contributed by atoms with Crippen molar-refractivity contribution in [1.29, 1.82) is 0 Å². The summed E-state index contributed by atoms with van der Waals surface area (Å²) in [6.45, 7) is 2.05. The Morgan fingerprint density at radius 1 is 1.40 bits per heavy atom. The third kappa shape index (κ3) is 3.54. The van der Waals surface area contributed by atoms with Crippen molar-refractivity contribution in [2.24, 2.45) is 0 Å². The van der Waals surface area contributed by atoms with Crippen LogP contribution in [0.25, 0.3) is 0 Å². The normalized spacial score (nSPS) is 10.5. The molecule has 2 rings (SSSR count). The molecule has 0 saturated heterocycles. The van der Waals surface area contributed by atoms with Crippen molar-refractivity contribution < 1.29 is 4.74 Å². The van der Waals surface area contributed by atoms with Gasteiger partial charge in [-0.3, -0.25) is 4.79 Å². The summed E-state index contributed by atoms with van der Waals surface area (Å²) in [6, 6.07) is 6.96. The molecule has 20 heavy (non-hydrogen) atoms. The molecule has 0 radical (unpaired) electrons. The molecule has 0 spiro atoms. The van der Waals surface area contributed by atoms with Crippen molar-refractivity contribution in [2.75, 3.05) is 12.8 Å². The van der Waals surface area contributed by atoms with E-state index in [-0.39, 0.29) is 5.56 Å². The minimum Gasteiger partial charge on any atom is -0.497 e. The molecule has 106 valence electrons. The Hall–Kier alpha value is -1.95. The Balaban J connectivity index is 2.27. The van der Waals surface area contributed by atoms with Crippen LogP contribution >= 0.6 is 11.8 Å². The highest BCUT2D eigenvalue weighted by atomic mass is 32.2. The van der Waals surface area contributed by atoms with Crippen molar-refractivity contribution in [3.05, 3.63) is 40.3 Å². The van der Waals surface area contributed by atoms with E-state index in [9.17, 15) is 4.79 Å². The SMILES string of the molecule is CCCc1cc(=O)[nH]c(Sc2ccc(OC)cc2N)n1. The minimum absolute atomic E-state index is 0.141. The van der Waals surface area contributed by atoms with Crippen LogP contribution in [0.5, 0.6) is 5.75 Å². The lowest BCUT2D eigenvalue weighted by atomic mass is 10.2. The molecule has 0 aliphatic heterocycles. The molecule has 5 nitrogen and oxygen atoms in total. The zero-order chi connectivity index (χ0) is 14.5. The second kappa shape index (κ2) is 6.47. The highest BCUT2D eigenvalue weighted by Gasteiger charge is 2.07. The molecule has 0 aliphatic rings. The van der Waals surface area contributed by atoms with E-state index < -0.39 is 0 Å². The van der Waals surface area contributed by atoms with Gasteiger partial charge in [0.05, 0.1) is 7.11 Å². The van der Waals surface area contributed by atoms with Crippen LogP contribution in [0.3, 0.4) is 0 Å². The van der Waals surface area contributed by atoms with Crippen molar-refractivity contribution in [2.45, 2.75) is 29.8 Å². The molecule has 0 bridgehead atoms. The van der Waals surface area contributed by atoms with E-state index in [4.69, 9.17) is 10.5 Å². The van der Waals surface area contributed by atoms with Gasteiger partial charge in [0, 0.05) is 28.4 Å². The summed E-state index contributed by atoms with van der Waals surface area (Å²) in [6.07, 6.45) is 1.74. The number of hydrogen-bond donors (Lipinski definition) is 2. The molecule has 1 aromatic carbocycles. The first-order valence-electron chi connectivity index (χ1n) is 6.34. The number of nitrogens with zero attached hydrogens (tertiary/aromatic N) is 1. The minimum atomic E-state index is -0.141. The van der Waals surface area contributed by atoms with Crippen molar-refractivity contribution >= 4 is 17.4 Å². The fourth-order valence-electron chi connectivity index (χ4n) is 1.77. The van der Waals surface area contributed by atoms with Gasteiger partial charge in [0.15, 0.2) is 5.16 Å². The van der Waals surface area contributed by atoms with Gasteiger partial charge in [0.2, 0.25) is 0 Å². The molecule has 0 amide bonds. The lowest BCUT2D eigenvalue weighted by Gasteiger charge is -2.07. The quantitative estimate of drug-likeness (QED) is 0.653. The van der Waals surface area contributed by atoms with Crippen molar-refractivity contribution in [3.63, 3.8) is 0 Å². The number of aromatic amines is 1. The maximum Gasteiger partial charge on any atom is 0.251 e. The Morgan fingerprint density at radius 3 is 2.85 bits per heavy atom. The first kappa shape index (κ1) is 14.5. The van der Waals surface area contributed by atoms with Gasteiger partial charge in [0.25, 0.3) is 5.56 Å². The van der Waals surface area contributed by atoms with E-state index in [0.717, 1.165) is 23.4 Å². The van der Waals surface area contributed by atoms with Gasteiger partial charge < -0.3 is 15.5 Å². The number of H-pyrrole nitrogens is 1. The highest BCUT2D eigenvalue weighted by molar-refractivity contribution is 7.99. The summed E-state index contributed by atoms with van der Waals surface area (Å²) < 4.78 is 5.11. The molecule has 0 saturated carbocycles. The number of anilines is 1. The Morgan fingerprint density at radius 2 is 2.20 bits per heavy atom. The van der Waals surface area contributed by atoms with Gasteiger partial charge in [-0.05, 0) is 30.3 Å². The highest BCUT2D eigenvalue weighted by Crippen LogP contribution is 2.31. The number of ether oxygens (including phenoxy) is 1. The summed E-state index contributed by atoms with van der Waals surface area (Å²) in [4.78, 5) is 19.6. The molecule has 3 N–H and O–H groups in total. The molecule has 0 fully saturated rings. The zero-order valence-corrected chi connectivity index (χ0v) is 12.3. The maximum absolute atomic E-state index is 11.6. The monoisotopic (exact) mass is 291 g/mol. The van der Waals surface area contributed by atoms with Crippen molar-refractivity contribution in [3.8, 4) is 5.75 Å². The van der Waals surface area contributed by atoms with Gasteiger partial charge in [-0.25, -0.2) is 4.98 Å². The molecular formula is C14H17N3O2S. The number of aryl methyl sites for hydroxylation is 1. The number of nitrogen functional groups attached to an aromatic ring is 1. The van der Waals surface area contributed by atoms with Gasteiger partial charge in [-0.15, -0.1) is 0 Å². The number of hydrogen-bond acceptors (Lipinski definition) is 5. The van der Waals surface area contributed by atoms with Crippen LogP contribution in [0.4, 0.5) is 5.69 Å². The second-order valence-corrected chi connectivity index (χ2v) is 5.33. The molecule has 1 aromatic heterocycles. The van der Waals surface area contributed by atoms with Crippen LogP contribution in [-0.2, 0) is 6.42 Å². The predicted octanol–water partition coefficient (Wildman–Crippen LogP) is 2.46. The Labute approximate surface area is 121 Å². The lowest BCUT2D eigenvalue weighted by Crippen LogP contribution is -2.09. The summed E-state index contributed by atoms with van der Waals surface area (Å²) >= 11 is 1.34. The van der Waals surface area contributed by atoms with Crippen LogP contribution in [0.15, 0.2) is 39.1 Å². The van der Waals surface area contributed by atoms with E-state index >= 15 is 0 Å². The third-order valence-corrected chi connectivity index (χ3v) is 3.68. The van der Waals surface area contributed by atoms with E-state index in [0.29, 0.717) is 16.6 Å². The third-order valence-electron chi connectivity index (χ3n) is 2.70. The fourth-order valence-corrected chi connectivity index (χ4v) is 2.60. The topological polar surface area (TPSA) is 81.0 Å². The standard InChI is InChI=1S/C14H17N3O2S/c1-3-4-9-7-13(18)17-14(16-9)20-12-6-5-10(19-2)8-11(12)15/h5-8H,3-4,15H2,1-2H3,(H,16,17,18).